The molecule has 2 N–H and O–H groups in total. The van der Waals surface area contributed by atoms with Gasteiger partial charge in [-0.15, -0.1) is 29.0 Å². The zero-order valence-corrected chi connectivity index (χ0v) is 21.7. The number of carbonyl (C=O) groups is 6. The van der Waals surface area contributed by atoms with Gasteiger partial charge in [-0.25, -0.2) is 4.79 Å². The molecule has 11 nitrogen and oxygen atoms in total. The number of carbonyl (C=O) groups excluding carboxylic acids is 5. The van der Waals surface area contributed by atoms with Crippen molar-refractivity contribution in [2.24, 2.45) is 0 Å². The van der Waals surface area contributed by atoms with Crippen molar-refractivity contribution in [3.05, 3.63) is 0 Å². The van der Waals surface area contributed by atoms with Gasteiger partial charge in [0.1, 0.15) is 0 Å². The van der Waals surface area contributed by atoms with E-state index in [1.54, 1.807) is 13.8 Å². The average Bonchev–Trinajstić information content (AvgIpc) is 3.14. The number of hydroxylamine groups is 4. The minimum Gasteiger partial charge on any atom is -0.481 e. The highest BCUT2D eigenvalue weighted by atomic mass is 128. The smallest absolute Gasteiger partial charge is 0.332 e. The highest BCUT2D eigenvalue weighted by molar-refractivity contribution is 15.0. The highest BCUT2D eigenvalue weighted by Gasteiger charge is 2.32. The predicted molar refractivity (Wildman–Crippen MR) is 122 cm³/mol. The minimum atomic E-state index is -0.745. The molecule has 0 spiro atoms. The summed E-state index contributed by atoms with van der Waals surface area (Å²) in [7, 11) is 0. The van der Waals surface area contributed by atoms with E-state index in [-0.39, 0.29) is 67.6 Å². The molecule has 2 heterocycles. The third-order valence-corrected chi connectivity index (χ3v) is 2.82. The summed E-state index contributed by atoms with van der Waals surface area (Å²) in [4.78, 5) is 66.7. The van der Waals surface area contributed by atoms with E-state index in [1.807, 2.05) is 0 Å². The van der Waals surface area contributed by atoms with Gasteiger partial charge in [-0.2, -0.15) is 5.06 Å². The van der Waals surface area contributed by atoms with Crippen LogP contribution in [0.1, 0.15) is 52.4 Å². The second-order valence-corrected chi connectivity index (χ2v) is 4.75. The van der Waals surface area contributed by atoms with E-state index in [9.17, 15) is 28.8 Å². The van der Waals surface area contributed by atoms with Crippen LogP contribution < -0.4 is 0 Å². The maximum atomic E-state index is 10.9. The van der Waals surface area contributed by atoms with Crippen LogP contribution in [-0.4, -0.2) is 56.0 Å². The van der Waals surface area contributed by atoms with Crippen molar-refractivity contribution in [3.8, 4) is 0 Å². The highest BCUT2D eigenvalue weighted by Crippen LogP contribution is 2.12. The first kappa shape index (κ1) is 32.0. The van der Waals surface area contributed by atoms with Crippen molar-refractivity contribution in [3.63, 3.8) is 0 Å². The largest absolute Gasteiger partial charge is 0.481 e. The van der Waals surface area contributed by atoms with Crippen LogP contribution in [0.5, 0.6) is 0 Å². The van der Waals surface area contributed by atoms with Gasteiger partial charge in [0.15, 0.2) is 0 Å². The van der Waals surface area contributed by atoms with Gasteiger partial charge < -0.3 is 9.94 Å². The van der Waals surface area contributed by atoms with Gasteiger partial charge in [0.2, 0.25) is 0 Å². The van der Waals surface area contributed by atoms with Crippen molar-refractivity contribution < 1.29 is 43.9 Å². The van der Waals surface area contributed by atoms with Crippen LogP contribution in [0.25, 0.3) is 0 Å². The average molecular weight is 742 g/mol. The summed E-state index contributed by atoms with van der Waals surface area (Å²) in [6, 6.07) is 0. The van der Waals surface area contributed by atoms with Crippen molar-refractivity contribution in [1.29, 1.82) is 0 Å². The summed E-state index contributed by atoms with van der Waals surface area (Å²) in [5.41, 5.74) is 0. The van der Waals surface area contributed by atoms with Gasteiger partial charge in [-0.1, -0.05) is 13.8 Å². The molecule has 0 aromatic rings. The Morgan fingerprint density at radius 1 is 0.893 bits per heavy atom. The van der Waals surface area contributed by atoms with E-state index >= 15 is 0 Å². The van der Waals surface area contributed by atoms with Crippen LogP contribution in [0.2, 0.25) is 0 Å². The number of amides is 4. The van der Waals surface area contributed by atoms with Crippen LogP contribution in [0, 0.1) is 0 Å². The van der Waals surface area contributed by atoms with Crippen molar-refractivity contribution in [2.75, 3.05) is 0 Å². The molecular weight excluding hydrogens is 721 g/mol. The molecule has 0 aliphatic carbocycles. The topological polar surface area (TPSA) is 159 Å². The first-order valence-electron chi connectivity index (χ1n) is 7.61. The Morgan fingerprint density at radius 3 is 1.43 bits per heavy atom. The molecule has 0 aromatic carbocycles. The van der Waals surface area contributed by atoms with Gasteiger partial charge >= 0.3 is 11.9 Å². The van der Waals surface area contributed by atoms with Crippen molar-refractivity contribution >= 4 is 96.8 Å². The predicted octanol–water partition coefficient (Wildman–Crippen LogP) is 2.40. The van der Waals surface area contributed by atoms with E-state index in [4.69, 9.17) is 10.3 Å². The van der Waals surface area contributed by atoms with Gasteiger partial charge in [0, 0.05) is 75.8 Å². The molecule has 0 bridgehead atoms. The number of hydrogen-bond donors (Lipinski definition) is 2. The van der Waals surface area contributed by atoms with Crippen LogP contribution in [0.15, 0.2) is 0 Å². The lowest BCUT2D eigenvalue weighted by Gasteiger charge is -2.10. The lowest BCUT2D eigenvalue weighted by atomic mass is 10.4. The Balaban J connectivity index is -0.000000341. The number of halogens is 3. The zero-order chi connectivity index (χ0) is 21.6. The maximum absolute atomic E-state index is 10.9. The Kier molecular flexibility index (Phi) is 21.1. The molecule has 2 aliphatic rings. The van der Waals surface area contributed by atoms with Crippen LogP contribution >= 0.6 is 61.2 Å². The van der Waals surface area contributed by atoms with E-state index < -0.39 is 35.6 Å². The second-order valence-electron chi connectivity index (χ2n) is 4.75. The first-order valence-corrected chi connectivity index (χ1v) is 13.9. The quantitative estimate of drug-likeness (QED) is 0.252. The molecule has 0 unspecified atom stereocenters. The van der Waals surface area contributed by atoms with Crippen LogP contribution in [-0.2, 0) is 33.6 Å². The summed E-state index contributed by atoms with van der Waals surface area (Å²) in [5, 5.41) is 16.8. The summed E-state index contributed by atoms with van der Waals surface area (Å²) >= 11 is 4.24. The van der Waals surface area contributed by atoms with Gasteiger partial charge in [0.05, 0.1) is 0 Å². The van der Waals surface area contributed by atoms with Crippen molar-refractivity contribution in [2.45, 2.75) is 52.4 Å². The lowest BCUT2D eigenvalue weighted by molar-refractivity contribution is -0.197. The molecule has 4 amide bonds. The molecule has 2 fully saturated rings. The molecular formula is C14H21I3N2O9. The summed E-state index contributed by atoms with van der Waals surface area (Å²) in [6.45, 7) is 3.19. The molecule has 0 aromatic heterocycles. The molecule has 28 heavy (non-hydrogen) atoms. The number of aliphatic carboxylic acids is 1. The fourth-order valence-corrected chi connectivity index (χ4v) is 1.39. The lowest BCUT2D eigenvalue weighted by Crippen LogP contribution is -2.31. The van der Waals surface area contributed by atoms with E-state index in [0.717, 1.165) is 0 Å². The number of hydrogen-bond acceptors (Lipinski definition) is 8. The summed E-state index contributed by atoms with van der Waals surface area (Å²) < 4.78 is 0. The van der Waals surface area contributed by atoms with Crippen molar-refractivity contribution in [1.82, 2.24) is 10.1 Å². The summed E-state index contributed by atoms with van der Waals surface area (Å²) in [6.07, 6.45) is 0.938. The Bertz CT molecular complexity index is 540. The number of imide groups is 2. The molecule has 0 saturated carbocycles. The molecule has 0 radical (unpaired) electrons. The van der Waals surface area contributed by atoms with Gasteiger partial charge in [-0.3, -0.25) is 29.2 Å². The fraction of sp³-hybridized carbons (Fsp3) is 0.571. The zero-order valence-electron chi connectivity index (χ0n) is 15.1. The van der Waals surface area contributed by atoms with Crippen LogP contribution in [0.3, 0.4) is 0 Å². The first-order chi connectivity index (χ1) is 12.6. The number of rotatable bonds is 3. The van der Waals surface area contributed by atoms with E-state index in [0.29, 0.717) is 5.06 Å². The monoisotopic (exact) mass is 742 g/mol. The number of nitrogens with zero attached hydrogens (tertiary/aromatic N) is 2. The SMILES string of the molecule is CCC(=O)O.CCC(=O)ON1C(=O)CCC1=O.I.II.O=C1CCC(=O)N1O. The van der Waals surface area contributed by atoms with Gasteiger partial charge in [-0.05, 0) is 0 Å². The van der Waals surface area contributed by atoms with E-state index in [1.165, 1.54) is 0 Å². The maximum Gasteiger partial charge on any atom is 0.332 e. The Morgan fingerprint density at radius 2 is 1.21 bits per heavy atom. The van der Waals surface area contributed by atoms with E-state index in [2.05, 4.69) is 42.1 Å². The third-order valence-electron chi connectivity index (χ3n) is 2.82. The molecule has 162 valence electrons. The Labute approximate surface area is 201 Å². The minimum absolute atomic E-state index is 0. The summed E-state index contributed by atoms with van der Waals surface area (Å²) in [5.74, 6) is -3.21. The van der Waals surface area contributed by atoms with Crippen LogP contribution in [0.4, 0.5) is 0 Å². The second kappa shape index (κ2) is 18.4. The standard InChI is InChI=1S/C7H9NO4.C4H5NO3.C3H6O2.I2.HI/c1-2-7(11)12-8-5(9)3-4-6(8)10;6-3-1-2-4(7)5(3)8;1-2-3(4)5;1-2;/h2-4H2,1H3;8H,1-2H2;2H2,1H3,(H,4,5);;1H. The normalized spacial score (nSPS) is 14.6. The molecule has 2 rings (SSSR count). The molecule has 0 atom stereocenters. The third kappa shape index (κ3) is 13.5. The molecule has 14 heteroatoms. The van der Waals surface area contributed by atoms with Gasteiger partial charge in [0.25, 0.3) is 23.6 Å². The molecule has 2 saturated heterocycles. The Hall–Kier alpha value is -0.630. The molecule has 2 aliphatic heterocycles. The fourth-order valence-electron chi connectivity index (χ4n) is 1.39. The number of carboxylic acid groups (broad SMARTS) is 1. The number of carboxylic acids is 1.